The normalized spacial score (nSPS) is 22.7. The standard InChI is InChI=1S/C18H22F3N5O/c1-10-8-26(4)25-15(10)11(2)23-12-5-6-14(19)13(7-12)17(3)18(20,21)9-27-16(22)24-17/h5-8,11,23H,9H2,1-4H3,(H2,22,24)/t11?,17-/m1/s1. The number of ether oxygens (including phenoxy) is 1. The second kappa shape index (κ2) is 6.47. The Hall–Kier alpha value is -2.71. The molecule has 3 rings (SSSR count). The number of nitrogens with two attached hydrogens (primary N) is 1. The molecule has 1 aromatic heterocycles. The number of hydrogen-bond donors (Lipinski definition) is 2. The molecular formula is C18H22F3N5O. The second-order valence-electron chi connectivity index (χ2n) is 6.95. The lowest BCUT2D eigenvalue weighted by Gasteiger charge is -2.37. The molecule has 1 aliphatic heterocycles. The van der Waals surface area contributed by atoms with Crippen molar-refractivity contribution in [3.8, 4) is 0 Å². The number of anilines is 1. The minimum Gasteiger partial charge on any atom is -0.459 e. The van der Waals surface area contributed by atoms with Crippen LogP contribution in [0.5, 0.6) is 0 Å². The fourth-order valence-corrected chi connectivity index (χ4v) is 3.26. The molecular weight excluding hydrogens is 359 g/mol. The zero-order chi connectivity index (χ0) is 20.0. The Morgan fingerprint density at radius 2 is 2.07 bits per heavy atom. The summed E-state index contributed by atoms with van der Waals surface area (Å²) in [5, 5.41) is 7.56. The number of alkyl halides is 2. The molecule has 2 heterocycles. The van der Waals surface area contributed by atoms with Crippen molar-refractivity contribution < 1.29 is 17.9 Å². The molecule has 6 nitrogen and oxygen atoms in total. The maximum absolute atomic E-state index is 14.5. The maximum atomic E-state index is 14.5. The van der Waals surface area contributed by atoms with Crippen molar-refractivity contribution in [1.29, 1.82) is 0 Å². The zero-order valence-corrected chi connectivity index (χ0v) is 15.6. The number of nitrogens with one attached hydrogen (secondary N) is 1. The Balaban J connectivity index is 1.97. The van der Waals surface area contributed by atoms with Crippen LogP contribution in [0.2, 0.25) is 0 Å². The van der Waals surface area contributed by atoms with Gasteiger partial charge < -0.3 is 15.8 Å². The van der Waals surface area contributed by atoms with Crippen LogP contribution in [0.15, 0.2) is 29.4 Å². The Labute approximate surface area is 155 Å². The van der Waals surface area contributed by atoms with Crippen LogP contribution in [0.1, 0.15) is 36.7 Å². The molecule has 0 spiro atoms. The molecule has 0 aliphatic carbocycles. The first-order valence-electron chi connectivity index (χ1n) is 8.46. The molecule has 3 N–H and O–H groups in total. The van der Waals surface area contributed by atoms with Crippen molar-refractivity contribution in [2.24, 2.45) is 17.8 Å². The molecule has 2 aromatic rings. The van der Waals surface area contributed by atoms with E-state index in [2.05, 4.69) is 20.1 Å². The summed E-state index contributed by atoms with van der Waals surface area (Å²) in [6.07, 6.45) is 1.88. The molecule has 0 fully saturated rings. The molecule has 9 heteroatoms. The SMILES string of the molecule is Cc1cn(C)nc1C(C)Nc1ccc(F)c([C@@]2(C)N=C(N)OCC2(F)F)c1. The van der Waals surface area contributed by atoms with Gasteiger partial charge in [-0.1, -0.05) is 0 Å². The lowest BCUT2D eigenvalue weighted by atomic mass is 9.85. The number of halogens is 3. The average Bonchev–Trinajstić information content (AvgIpc) is 2.92. The highest BCUT2D eigenvalue weighted by molar-refractivity contribution is 5.73. The van der Waals surface area contributed by atoms with E-state index in [0.717, 1.165) is 24.2 Å². The van der Waals surface area contributed by atoms with Crippen LogP contribution in [0.3, 0.4) is 0 Å². The lowest BCUT2D eigenvalue weighted by Crippen LogP contribution is -2.51. The van der Waals surface area contributed by atoms with Crippen molar-refractivity contribution in [3.05, 3.63) is 47.0 Å². The summed E-state index contributed by atoms with van der Waals surface area (Å²) >= 11 is 0. The first-order chi connectivity index (χ1) is 12.5. The van der Waals surface area contributed by atoms with Gasteiger partial charge in [0.1, 0.15) is 5.82 Å². The first kappa shape index (κ1) is 19.1. The highest BCUT2D eigenvalue weighted by Crippen LogP contribution is 2.45. The van der Waals surface area contributed by atoms with Gasteiger partial charge in [-0.05, 0) is 44.5 Å². The summed E-state index contributed by atoms with van der Waals surface area (Å²) in [4.78, 5) is 3.73. The highest BCUT2D eigenvalue weighted by Gasteiger charge is 2.56. The van der Waals surface area contributed by atoms with Crippen LogP contribution in [-0.4, -0.2) is 28.3 Å². The third kappa shape index (κ3) is 3.33. The topological polar surface area (TPSA) is 77.5 Å². The van der Waals surface area contributed by atoms with Crippen LogP contribution >= 0.6 is 0 Å². The van der Waals surface area contributed by atoms with Gasteiger partial charge in [-0.25, -0.2) is 9.38 Å². The molecule has 1 aromatic carbocycles. The van der Waals surface area contributed by atoms with Crippen LogP contribution < -0.4 is 11.1 Å². The first-order valence-corrected chi connectivity index (χ1v) is 8.46. The van der Waals surface area contributed by atoms with E-state index in [0.29, 0.717) is 5.69 Å². The quantitative estimate of drug-likeness (QED) is 0.852. The van der Waals surface area contributed by atoms with Gasteiger partial charge >= 0.3 is 5.92 Å². The van der Waals surface area contributed by atoms with Gasteiger partial charge in [0.15, 0.2) is 12.1 Å². The summed E-state index contributed by atoms with van der Waals surface area (Å²) in [6.45, 7) is 4.01. The van der Waals surface area contributed by atoms with E-state index in [1.54, 1.807) is 4.68 Å². The number of benzene rings is 1. The van der Waals surface area contributed by atoms with Gasteiger partial charge in [-0.3, -0.25) is 4.68 Å². The molecule has 0 amide bonds. The van der Waals surface area contributed by atoms with Crippen molar-refractivity contribution in [3.63, 3.8) is 0 Å². The van der Waals surface area contributed by atoms with E-state index in [1.165, 1.54) is 12.1 Å². The number of rotatable bonds is 4. The minimum atomic E-state index is -3.42. The van der Waals surface area contributed by atoms with Crippen molar-refractivity contribution >= 4 is 11.7 Å². The molecule has 0 saturated carbocycles. The third-order valence-electron chi connectivity index (χ3n) is 4.78. The number of aryl methyl sites for hydroxylation is 2. The van der Waals surface area contributed by atoms with E-state index in [-0.39, 0.29) is 11.6 Å². The van der Waals surface area contributed by atoms with Crippen LogP contribution in [0.25, 0.3) is 0 Å². The summed E-state index contributed by atoms with van der Waals surface area (Å²) < 4.78 is 49.9. The Morgan fingerprint density at radius 1 is 1.37 bits per heavy atom. The lowest BCUT2D eigenvalue weighted by molar-refractivity contribution is -0.117. The van der Waals surface area contributed by atoms with E-state index in [1.807, 2.05) is 27.1 Å². The summed E-state index contributed by atoms with van der Waals surface area (Å²) in [5.41, 5.74) is 5.33. The van der Waals surface area contributed by atoms with Crippen molar-refractivity contribution in [2.75, 3.05) is 11.9 Å². The summed E-state index contributed by atoms with van der Waals surface area (Å²) in [7, 11) is 1.82. The minimum absolute atomic E-state index is 0.207. The van der Waals surface area contributed by atoms with Gasteiger partial charge in [0.2, 0.25) is 0 Å². The van der Waals surface area contributed by atoms with Crippen LogP contribution in [0, 0.1) is 12.7 Å². The van der Waals surface area contributed by atoms with E-state index >= 15 is 0 Å². The third-order valence-corrected chi connectivity index (χ3v) is 4.78. The Morgan fingerprint density at radius 3 is 2.70 bits per heavy atom. The average molecular weight is 381 g/mol. The monoisotopic (exact) mass is 381 g/mol. The number of aliphatic imine (C=N–C) groups is 1. The fraction of sp³-hybridized carbons (Fsp3) is 0.444. The second-order valence-corrected chi connectivity index (χ2v) is 6.95. The molecule has 1 unspecified atom stereocenters. The van der Waals surface area contributed by atoms with E-state index in [9.17, 15) is 13.2 Å². The maximum Gasteiger partial charge on any atom is 0.310 e. The van der Waals surface area contributed by atoms with E-state index < -0.39 is 29.9 Å². The van der Waals surface area contributed by atoms with Crippen LogP contribution in [0.4, 0.5) is 18.9 Å². The number of nitrogens with zero attached hydrogens (tertiary/aromatic N) is 3. The van der Waals surface area contributed by atoms with Gasteiger partial charge in [0.25, 0.3) is 6.02 Å². The highest BCUT2D eigenvalue weighted by atomic mass is 19.3. The van der Waals surface area contributed by atoms with Gasteiger partial charge in [-0.15, -0.1) is 0 Å². The number of amidine groups is 1. The molecule has 27 heavy (non-hydrogen) atoms. The molecule has 0 bridgehead atoms. The predicted molar refractivity (Wildman–Crippen MR) is 96.3 cm³/mol. The molecule has 146 valence electrons. The van der Waals surface area contributed by atoms with Gasteiger partial charge in [0, 0.05) is 24.5 Å². The van der Waals surface area contributed by atoms with Crippen LogP contribution in [-0.2, 0) is 17.3 Å². The Kier molecular flexibility index (Phi) is 4.57. The largest absolute Gasteiger partial charge is 0.459 e. The molecule has 1 aliphatic rings. The zero-order valence-electron chi connectivity index (χ0n) is 15.6. The predicted octanol–water partition coefficient (Wildman–Crippen LogP) is 3.24. The fourth-order valence-electron chi connectivity index (χ4n) is 3.26. The molecule has 2 atom stereocenters. The number of aromatic nitrogens is 2. The summed E-state index contributed by atoms with van der Waals surface area (Å²) in [5.74, 6) is -4.21. The van der Waals surface area contributed by atoms with Gasteiger partial charge in [0.05, 0.1) is 11.7 Å². The Bertz CT molecular complexity index is 895. The van der Waals surface area contributed by atoms with Crippen molar-refractivity contribution in [1.82, 2.24) is 9.78 Å². The van der Waals surface area contributed by atoms with Crippen molar-refractivity contribution in [2.45, 2.75) is 38.3 Å². The smallest absolute Gasteiger partial charge is 0.310 e. The summed E-state index contributed by atoms with van der Waals surface area (Å²) in [6, 6.07) is 3.36. The van der Waals surface area contributed by atoms with Gasteiger partial charge in [-0.2, -0.15) is 13.9 Å². The van der Waals surface area contributed by atoms with E-state index in [4.69, 9.17) is 5.73 Å². The molecule has 0 radical (unpaired) electrons. The molecule has 0 saturated heterocycles. The number of hydrogen-bond acceptors (Lipinski definition) is 5.